The predicted molar refractivity (Wildman–Crippen MR) is 73.8 cm³/mol. The van der Waals surface area contributed by atoms with E-state index in [1.54, 1.807) is 24.4 Å². The van der Waals surface area contributed by atoms with Gasteiger partial charge in [0.05, 0.1) is 18.3 Å². The zero-order valence-electron chi connectivity index (χ0n) is 11.4. The number of urea groups is 1. The third kappa shape index (κ3) is 2.40. The highest BCUT2D eigenvalue weighted by molar-refractivity contribution is 7.84. The van der Waals surface area contributed by atoms with Gasteiger partial charge in [-0.05, 0) is 18.6 Å². The van der Waals surface area contributed by atoms with E-state index in [9.17, 15) is 18.0 Å². The quantitative estimate of drug-likeness (QED) is 0.564. The average Bonchev–Trinajstić information content (AvgIpc) is 2.83. The monoisotopic (exact) mass is 326 g/mol. The van der Waals surface area contributed by atoms with Gasteiger partial charge in [0, 0.05) is 12.7 Å². The van der Waals surface area contributed by atoms with Gasteiger partial charge in [-0.1, -0.05) is 6.07 Å². The summed E-state index contributed by atoms with van der Waals surface area (Å²) in [5.74, 6) is -0.780. The summed E-state index contributed by atoms with van der Waals surface area (Å²) in [5, 5.41) is 2.64. The Balaban J connectivity index is 1.63. The number of amides is 3. The number of likely N-dealkylation sites (tertiary alicyclic amines) is 1. The van der Waals surface area contributed by atoms with Gasteiger partial charge in [-0.25, -0.2) is 9.10 Å². The maximum absolute atomic E-state index is 12.1. The third-order valence-corrected chi connectivity index (χ3v) is 4.74. The number of nitrogens with zero attached hydrogens (tertiary/aromatic N) is 3. The lowest BCUT2D eigenvalue weighted by atomic mass is 10.0. The summed E-state index contributed by atoms with van der Waals surface area (Å²) in [6, 6.07) is 3.34. The molecule has 118 valence electrons. The zero-order valence-corrected chi connectivity index (χ0v) is 12.2. The lowest BCUT2D eigenvalue weighted by Gasteiger charge is -2.42. The van der Waals surface area contributed by atoms with E-state index in [1.165, 1.54) is 4.90 Å². The van der Waals surface area contributed by atoms with E-state index >= 15 is 0 Å². The molecule has 10 heteroatoms. The van der Waals surface area contributed by atoms with Crippen molar-refractivity contribution in [1.29, 1.82) is 0 Å². The zero-order chi connectivity index (χ0) is 15.9. The number of carbonyl (C=O) groups excluding carboxylic acids is 2. The summed E-state index contributed by atoms with van der Waals surface area (Å²) < 4.78 is 31.6. The molecule has 0 unspecified atom stereocenters. The Morgan fingerprint density at radius 2 is 2.23 bits per heavy atom. The molecule has 0 spiro atoms. The van der Waals surface area contributed by atoms with Crippen LogP contribution in [0, 0.1) is 0 Å². The molecule has 1 aromatic rings. The summed E-state index contributed by atoms with van der Waals surface area (Å²) in [7, 11) is -4.56. The van der Waals surface area contributed by atoms with Gasteiger partial charge in [-0.2, -0.15) is 8.42 Å². The number of β-lactam (4-membered cyclic amide) rings is 1. The van der Waals surface area contributed by atoms with Crippen LogP contribution in [0.25, 0.3) is 0 Å². The van der Waals surface area contributed by atoms with E-state index in [0.717, 1.165) is 0 Å². The minimum atomic E-state index is -4.56. The predicted octanol–water partition coefficient (Wildman–Crippen LogP) is -0.621. The van der Waals surface area contributed by atoms with Crippen molar-refractivity contribution in [3.05, 3.63) is 30.1 Å². The first-order valence-corrected chi connectivity index (χ1v) is 8.04. The largest absolute Gasteiger partial charge is 0.362 e. The number of carbonyl (C=O) groups is 2. The third-order valence-electron chi connectivity index (χ3n) is 3.79. The lowest BCUT2D eigenvalue weighted by molar-refractivity contribution is -0.143. The summed E-state index contributed by atoms with van der Waals surface area (Å²) in [5.41, 5.74) is 0.672. The fraction of sp³-hybridized carbons (Fsp3) is 0.417. The van der Waals surface area contributed by atoms with Crippen molar-refractivity contribution < 1.29 is 22.6 Å². The molecule has 2 saturated heterocycles. The summed E-state index contributed by atoms with van der Waals surface area (Å²) in [6.07, 6.45) is 1.92. The Bertz CT molecular complexity index is 707. The summed E-state index contributed by atoms with van der Waals surface area (Å²) in [4.78, 5) is 29.3. The van der Waals surface area contributed by atoms with Crippen molar-refractivity contribution in [2.24, 2.45) is 0 Å². The molecule has 0 aromatic carbocycles. The van der Waals surface area contributed by atoms with Gasteiger partial charge >= 0.3 is 16.3 Å². The second kappa shape index (κ2) is 5.21. The molecule has 3 heterocycles. The molecule has 0 saturated carbocycles. The molecular weight excluding hydrogens is 312 g/mol. The van der Waals surface area contributed by atoms with Crippen molar-refractivity contribution in [2.75, 3.05) is 6.54 Å². The van der Waals surface area contributed by atoms with Gasteiger partial charge in [0.25, 0.3) is 5.91 Å². The molecule has 2 atom stereocenters. The van der Waals surface area contributed by atoms with E-state index in [-0.39, 0.29) is 13.1 Å². The van der Waals surface area contributed by atoms with Crippen molar-refractivity contribution >= 4 is 22.2 Å². The molecule has 9 nitrogen and oxygen atoms in total. The summed E-state index contributed by atoms with van der Waals surface area (Å²) in [6.45, 7) is 0.463. The molecule has 2 aliphatic heterocycles. The van der Waals surface area contributed by atoms with E-state index < -0.39 is 34.3 Å². The smallest absolute Gasteiger partial charge is 0.332 e. The molecule has 0 aliphatic carbocycles. The highest BCUT2D eigenvalue weighted by Crippen LogP contribution is 2.35. The number of aromatic nitrogens is 1. The number of fused-ring (bicyclic) bond motifs is 1. The van der Waals surface area contributed by atoms with E-state index in [2.05, 4.69) is 10.3 Å². The second-order valence-electron chi connectivity index (χ2n) is 5.09. The standard InChI is InChI=1S/C12H14N4O5S/c17-11-10-9(16(11)22(19,20)21)4-6-15(10)12(18)14-7-8-3-1-2-5-13-8/h1-3,5,9-10H,4,6-7H2,(H,14,18)(H,19,20,21)/t9-,10+/m1/s1. The Morgan fingerprint density at radius 1 is 1.45 bits per heavy atom. The SMILES string of the molecule is O=C(NCc1ccccn1)N1CC[C@@H]2[C@H]1C(=O)N2S(=O)(=O)O. The Morgan fingerprint density at radius 3 is 2.86 bits per heavy atom. The van der Waals surface area contributed by atoms with E-state index in [1.807, 2.05) is 0 Å². The second-order valence-corrected chi connectivity index (χ2v) is 6.37. The molecule has 3 amide bonds. The van der Waals surface area contributed by atoms with Crippen LogP contribution in [0.4, 0.5) is 4.79 Å². The van der Waals surface area contributed by atoms with Crippen LogP contribution in [-0.2, 0) is 21.6 Å². The number of hydrogen-bond donors (Lipinski definition) is 2. The molecule has 3 rings (SSSR count). The molecule has 1 aromatic heterocycles. The van der Waals surface area contributed by atoms with E-state index in [4.69, 9.17) is 4.55 Å². The molecule has 2 fully saturated rings. The maximum atomic E-state index is 12.1. The Kier molecular flexibility index (Phi) is 3.49. The number of rotatable bonds is 3. The Hall–Kier alpha value is -2.20. The maximum Gasteiger partial charge on any atom is 0.362 e. The number of hydrogen-bond acceptors (Lipinski definition) is 5. The van der Waals surface area contributed by atoms with E-state index in [0.29, 0.717) is 16.4 Å². The normalized spacial score (nSPS) is 24.0. The number of nitrogens with one attached hydrogen (secondary N) is 1. The summed E-state index contributed by atoms with van der Waals surface area (Å²) >= 11 is 0. The first kappa shape index (κ1) is 14.7. The van der Waals surface area contributed by atoms with Gasteiger partial charge < -0.3 is 10.2 Å². The van der Waals surface area contributed by atoms with Gasteiger partial charge in [-0.15, -0.1) is 0 Å². The van der Waals surface area contributed by atoms with Crippen LogP contribution in [0.2, 0.25) is 0 Å². The molecule has 0 radical (unpaired) electrons. The first-order chi connectivity index (χ1) is 10.4. The fourth-order valence-corrected chi connectivity index (χ4v) is 3.71. The van der Waals surface area contributed by atoms with Gasteiger partial charge in [0.1, 0.15) is 6.04 Å². The van der Waals surface area contributed by atoms with Crippen LogP contribution in [0.15, 0.2) is 24.4 Å². The van der Waals surface area contributed by atoms with Crippen LogP contribution in [0.5, 0.6) is 0 Å². The van der Waals surface area contributed by atoms with Crippen molar-refractivity contribution in [1.82, 2.24) is 19.5 Å². The van der Waals surface area contributed by atoms with Crippen LogP contribution in [0.3, 0.4) is 0 Å². The Labute approximate surface area is 126 Å². The van der Waals surface area contributed by atoms with Crippen molar-refractivity contribution in [3.8, 4) is 0 Å². The minimum absolute atomic E-state index is 0.212. The first-order valence-electron chi connectivity index (χ1n) is 6.64. The average molecular weight is 326 g/mol. The lowest BCUT2D eigenvalue weighted by Crippen LogP contribution is -2.68. The fourth-order valence-electron chi connectivity index (χ4n) is 2.81. The van der Waals surface area contributed by atoms with Crippen molar-refractivity contribution in [3.63, 3.8) is 0 Å². The van der Waals surface area contributed by atoms with Gasteiger partial charge in [-0.3, -0.25) is 14.3 Å². The highest BCUT2D eigenvalue weighted by atomic mass is 32.2. The van der Waals surface area contributed by atoms with Crippen molar-refractivity contribution in [2.45, 2.75) is 25.0 Å². The molecular formula is C12H14N4O5S. The molecule has 2 aliphatic rings. The minimum Gasteiger partial charge on any atom is -0.332 e. The number of pyridine rings is 1. The highest BCUT2D eigenvalue weighted by Gasteiger charge is 2.59. The molecule has 0 bridgehead atoms. The van der Waals surface area contributed by atoms with Crippen LogP contribution < -0.4 is 5.32 Å². The van der Waals surface area contributed by atoms with Crippen LogP contribution in [0.1, 0.15) is 12.1 Å². The molecule has 22 heavy (non-hydrogen) atoms. The van der Waals surface area contributed by atoms with Gasteiger partial charge in [0.15, 0.2) is 0 Å². The topological polar surface area (TPSA) is 120 Å². The van der Waals surface area contributed by atoms with Gasteiger partial charge in [0.2, 0.25) is 0 Å². The molecule has 2 N–H and O–H groups in total. The van der Waals surface area contributed by atoms with Crippen LogP contribution in [-0.4, -0.2) is 57.7 Å². The van der Waals surface area contributed by atoms with Crippen LogP contribution >= 0.6 is 0 Å².